The third kappa shape index (κ3) is 5.93. The van der Waals surface area contributed by atoms with Gasteiger partial charge in [0.1, 0.15) is 24.4 Å². The highest BCUT2D eigenvalue weighted by Crippen LogP contribution is 2.22. The van der Waals surface area contributed by atoms with E-state index >= 15 is 0 Å². The monoisotopic (exact) mass is 441 g/mol. The molecule has 1 saturated heterocycles. The lowest BCUT2D eigenvalue weighted by Gasteiger charge is -2.22. The van der Waals surface area contributed by atoms with E-state index in [0.29, 0.717) is 12.4 Å². The van der Waals surface area contributed by atoms with E-state index in [2.05, 4.69) is 22.9 Å². The van der Waals surface area contributed by atoms with Crippen LogP contribution >= 0.6 is 0 Å². The largest absolute Gasteiger partial charge is 0.497 e. The fourth-order valence-electron chi connectivity index (χ4n) is 3.88. The van der Waals surface area contributed by atoms with E-state index in [1.165, 1.54) is 23.2 Å². The van der Waals surface area contributed by atoms with Gasteiger partial charge in [-0.25, -0.2) is 0 Å². The summed E-state index contributed by atoms with van der Waals surface area (Å²) in [6, 6.07) is 9.67. The summed E-state index contributed by atoms with van der Waals surface area (Å²) in [5.41, 5.74) is 1.02. The van der Waals surface area contributed by atoms with Gasteiger partial charge in [0.2, 0.25) is 11.2 Å². The highest BCUT2D eigenvalue weighted by atomic mass is 16.7. The van der Waals surface area contributed by atoms with Gasteiger partial charge in [0, 0.05) is 36.3 Å². The highest BCUT2D eigenvalue weighted by Gasteiger charge is 2.15. The van der Waals surface area contributed by atoms with Gasteiger partial charge < -0.3 is 27.9 Å². The molecule has 0 radical (unpaired) electrons. The van der Waals surface area contributed by atoms with Gasteiger partial charge >= 0.3 is 0 Å². The second-order valence-corrected chi connectivity index (χ2v) is 8.02. The molecular weight excluding hydrogens is 410 g/mol. The van der Waals surface area contributed by atoms with Crippen molar-refractivity contribution in [1.82, 2.24) is 4.57 Å². The van der Waals surface area contributed by atoms with Gasteiger partial charge in [0.15, 0.2) is 6.29 Å². The van der Waals surface area contributed by atoms with Gasteiger partial charge in [0.05, 0.1) is 13.7 Å². The molecule has 0 spiro atoms. The first-order valence-electron chi connectivity index (χ1n) is 11.3. The molecule has 1 aromatic carbocycles. The van der Waals surface area contributed by atoms with Gasteiger partial charge in [-0.15, -0.1) is 0 Å². The van der Waals surface area contributed by atoms with Crippen molar-refractivity contribution >= 4 is 10.9 Å². The molecule has 3 heterocycles. The molecule has 7 nitrogen and oxygen atoms in total. The van der Waals surface area contributed by atoms with Crippen LogP contribution in [0, 0.1) is 0 Å². The first-order valence-corrected chi connectivity index (χ1v) is 11.3. The molecule has 172 valence electrons. The van der Waals surface area contributed by atoms with E-state index in [4.69, 9.17) is 23.4 Å². The Balaban J connectivity index is 1.16. The number of benzene rings is 1. The third-order valence-electron chi connectivity index (χ3n) is 5.68. The topological polar surface area (TPSA) is 72.1 Å². The van der Waals surface area contributed by atoms with E-state index in [1.807, 2.05) is 12.1 Å². The number of aromatic nitrogens is 1. The second kappa shape index (κ2) is 11.2. The maximum atomic E-state index is 12.3. The lowest BCUT2D eigenvalue weighted by Crippen LogP contribution is -2.22. The van der Waals surface area contributed by atoms with Crippen molar-refractivity contribution in [3.8, 4) is 11.5 Å². The fourth-order valence-corrected chi connectivity index (χ4v) is 3.88. The predicted octanol–water partition coefficient (Wildman–Crippen LogP) is 4.90. The van der Waals surface area contributed by atoms with Crippen molar-refractivity contribution in [2.45, 2.75) is 58.0 Å². The summed E-state index contributed by atoms with van der Waals surface area (Å²) in [6.45, 7) is 2.37. The number of fused-ring (bicyclic) bond motifs is 1. The Morgan fingerprint density at radius 3 is 2.88 bits per heavy atom. The van der Waals surface area contributed by atoms with Crippen molar-refractivity contribution in [1.29, 1.82) is 0 Å². The van der Waals surface area contributed by atoms with Crippen molar-refractivity contribution in [3.63, 3.8) is 0 Å². The molecule has 1 unspecified atom stereocenters. The molecule has 3 aromatic rings. The zero-order valence-electron chi connectivity index (χ0n) is 18.6. The summed E-state index contributed by atoms with van der Waals surface area (Å²) in [6.07, 6.45) is 9.23. The van der Waals surface area contributed by atoms with Crippen LogP contribution in [0.15, 0.2) is 52.0 Å². The van der Waals surface area contributed by atoms with E-state index < -0.39 is 0 Å². The maximum absolute atomic E-state index is 12.3. The normalized spacial score (nSPS) is 16.3. The molecule has 0 amide bonds. The van der Waals surface area contributed by atoms with E-state index in [-0.39, 0.29) is 24.1 Å². The summed E-state index contributed by atoms with van der Waals surface area (Å²) in [5, 5.41) is 1.18. The average molecular weight is 442 g/mol. The van der Waals surface area contributed by atoms with Crippen LogP contribution in [0.2, 0.25) is 0 Å². The zero-order valence-corrected chi connectivity index (χ0v) is 18.6. The number of ether oxygens (including phenoxy) is 4. The highest BCUT2D eigenvalue weighted by molar-refractivity contribution is 5.81. The smallest absolute Gasteiger partial charge is 0.227 e. The number of rotatable bonds is 11. The van der Waals surface area contributed by atoms with Crippen LogP contribution in [0.4, 0.5) is 0 Å². The van der Waals surface area contributed by atoms with Crippen LogP contribution in [0.1, 0.15) is 44.3 Å². The molecule has 1 aliphatic heterocycles. The lowest BCUT2D eigenvalue weighted by molar-refractivity contribution is -0.171. The molecule has 0 N–H and O–H groups in total. The van der Waals surface area contributed by atoms with Crippen LogP contribution in [-0.4, -0.2) is 31.2 Å². The molecule has 1 aliphatic rings. The van der Waals surface area contributed by atoms with Gasteiger partial charge in [0.25, 0.3) is 0 Å². The number of aryl methyl sites for hydroxylation is 1. The van der Waals surface area contributed by atoms with Crippen LogP contribution in [0.3, 0.4) is 0 Å². The Labute approximate surface area is 187 Å². The molecule has 0 aliphatic carbocycles. The van der Waals surface area contributed by atoms with Crippen LogP contribution in [0.25, 0.3) is 10.9 Å². The number of methoxy groups -OCH3 is 1. The van der Waals surface area contributed by atoms with Crippen LogP contribution < -0.4 is 14.9 Å². The summed E-state index contributed by atoms with van der Waals surface area (Å²) in [4.78, 5) is 12.3. The average Bonchev–Trinajstić information content (AvgIpc) is 3.23. The predicted molar refractivity (Wildman–Crippen MR) is 121 cm³/mol. The minimum atomic E-state index is -0.211. The summed E-state index contributed by atoms with van der Waals surface area (Å²) >= 11 is 0. The number of hydrogen-bond acceptors (Lipinski definition) is 6. The van der Waals surface area contributed by atoms with Gasteiger partial charge in [-0.3, -0.25) is 4.79 Å². The first kappa shape index (κ1) is 22.4. The SMILES string of the molecule is COc1ccc2c(ccn2CCCCCOc2coc(COC3CCCCO3)cc2=O)c1. The van der Waals surface area contributed by atoms with Gasteiger partial charge in [-0.1, -0.05) is 0 Å². The minimum absolute atomic E-state index is 0.186. The molecule has 4 rings (SSSR count). The van der Waals surface area contributed by atoms with E-state index in [9.17, 15) is 4.79 Å². The van der Waals surface area contributed by atoms with Gasteiger partial charge in [-0.05, 0) is 62.8 Å². The Bertz CT molecular complexity index is 1050. The van der Waals surface area contributed by atoms with Gasteiger partial charge in [-0.2, -0.15) is 0 Å². The minimum Gasteiger partial charge on any atom is -0.497 e. The molecule has 0 bridgehead atoms. The lowest BCUT2D eigenvalue weighted by atomic mass is 10.2. The quantitative estimate of drug-likeness (QED) is 0.394. The van der Waals surface area contributed by atoms with Crippen molar-refractivity contribution in [2.75, 3.05) is 20.3 Å². The van der Waals surface area contributed by atoms with Crippen molar-refractivity contribution in [2.24, 2.45) is 0 Å². The summed E-state index contributed by atoms with van der Waals surface area (Å²) in [7, 11) is 1.68. The summed E-state index contributed by atoms with van der Waals surface area (Å²) < 4.78 is 29.8. The molecule has 0 saturated carbocycles. The van der Waals surface area contributed by atoms with Crippen LogP contribution in [-0.2, 0) is 22.6 Å². The van der Waals surface area contributed by atoms with E-state index in [0.717, 1.165) is 57.4 Å². The standard InChI is InChI=1S/C25H31NO6/c1-28-20-8-9-22-19(15-20)10-12-26(22)11-4-2-5-13-29-24-18-31-21(16-23(24)27)17-32-25-7-3-6-14-30-25/h8-10,12,15-16,18,25H,2-7,11,13-14,17H2,1H3. The van der Waals surface area contributed by atoms with Crippen molar-refractivity contribution < 1.29 is 23.4 Å². The third-order valence-corrected chi connectivity index (χ3v) is 5.68. The fraction of sp³-hybridized carbons (Fsp3) is 0.480. The van der Waals surface area contributed by atoms with Crippen molar-refractivity contribution in [3.05, 3.63) is 58.8 Å². The molecule has 32 heavy (non-hydrogen) atoms. The maximum Gasteiger partial charge on any atom is 0.227 e. The zero-order chi connectivity index (χ0) is 22.2. The second-order valence-electron chi connectivity index (χ2n) is 8.02. The number of nitrogens with zero attached hydrogens (tertiary/aromatic N) is 1. The van der Waals surface area contributed by atoms with E-state index in [1.54, 1.807) is 7.11 Å². The molecular formula is C25H31NO6. The Morgan fingerprint density at radius 1 is 1.12 bits per heavy atom. The Kier molecular flexibility index (Phi) is 7.85. The Hall–Kier alpha value is -2.77. The summed E-state index contributed by atoms with van der Waals surface area (Å²) in [5.74, 6) is 1.59. The number of unbranched alkanes of at least 4 members (excludes halogenated alkanes) is 2. The molecule has 7 heteroatoms. The molecule has 1 fully saturated rings. The first-order chi connectivity index (χ1) is 15.7. The molecule has 2 aromatic heterocycles. The Morgan fingerprint density at radius 2 is 2.06 bits per heavy atom. The van der Waals surface area contributed by atoms with Crippen LogP contribution in [0.5, 0.6) is 11.5 Å². The molecule has 1 atom stereocenters. The number of hydrogen-bond donors (Lipinski definition) is 0.